The fourth-order valence-electron chi connectivity index (χ4n) is 4.03. The van der Waals surface area contributed by atoms with Crippen molar-refractivity contribution in [1.29, 1.82) is 0 Å². The van der Waals surface area contributed by atoms with Gasteiger partial charge < -0.3 is 9.84 Å². The van der Waals surface area contributed by atoms with Crippen molar-refractivity contribution in [3.05, 3.63) is 0 Å². The molecular weight excluding hydrogens is 236 g/mol. The molecule has 0 saturated heterocycles. The van der Waals surface area contributed by atoms with Crippen LogP contribution in [0.15, 0.2) is 0 Å². The Labute approximate surface area is 118 Å². The summed E-state index contributed by atoms with van der Waals surface area (Å²) in [5, 5.41) is 10.4. The summed E-state index contributed by atoms with van der Waals surface area (Å²) in [5.41, 5.74) is 0. The molecule has 112 valence electrons. The maximum Gasteiger partial charge on any atom is 0.0603 e. The van der Waals surface area contributed by atoms with E-state index in [4.69, 9.17) is 4.74 Å². The number of aliphatic hydroxyl groups is 1. The number of hydrogen-bond acceptors (Lipinski definition) is 2. The lowest BCUT2D eigenvalue weighted by Gasteiger charge is -2.44. The van der Waals surface area contributed by atoms with Crippen molar-refractivity contribution < 1.29 is 9.84 Å². The molecule has 0 radical (unpaired) electrons. The monoisotopic (exact) mass is 268 g/mol. The minimum atomic E-state index is -0.154. The van der Waals surface area contributed by atoms with Gasteiger partial charge in [0.1, 0.15) is 0 Å². The zero-order chi connectivity index (χ0) is 14.0. The van der Waals surface area contributed by atoms with Crippen LogP contribution in [-0.2, 0) is 4.74 Å². The van der Waals surface area contributed by atoms with Gasteiger partial charge in [-0.3, -0.25) is 0 Å². The van der Waals surface area contributed by atoms with Crippen molar-refractivity contribution in [3.63, 3.8) is 0 Å². The van der Waals surface area contributed by atoms with Gasteiger partial charge in [-0.25, -0.2) is 0 Å². The first-order valence-electron chi connectivity index (χ1n) is 8.22. The van der Waals surface area contributed by atoms with Crippen molar-refractivity contribution in [2.24, 2.45) is 29.6 Å². The molecule has 19 heavy (non-hydrogen) atoms. The van der Waals surface area contributed by atoms with Crippen molar-refractivity contribution >= 4 is 0 Å². The predicted molar refractivity (Wildman–Crippen MR) is 79.0 cm³/mol. The van der Waals surface area contributed by atoms with Gasteiger partial charge in [-0.1, -0.05) is 33.6 Å². The molecule has 2 nitrogen and oxygen atoms in total. The largest absolute Gasteiger partial charge is 0.393 e. The fourth-order valence-corrected chi connectivity index (χ4v) is 4.03. The van der Waals surface area contributed by atoms with E-state index >= 15 is 0 Å². The number of rotatable bonds is 1. The van der Waals surface area contributed by atoms with Crippen molar-refractivity contribution in [2.45, 2.75) is 71.5 Å². The summed E-state index contributed by atoms with van der Waals surface area (Å²) in [5.74, 6) is 3.53. The molecule has 0 aromatic carbocycles. The van der Waals surface area contributed by atoms with Gasteiger partial charge in [0.15, 0.2) is 0 Å². The number of ether oxygens (including phenoxy) is 1. The highest BCUT2D eigenvalue weighted by molar-refractivity contribution is 4.89. The maximum atomic E-state index is 10.4. The van der Waals surface area contributed by atoms with Crippen LogP contribution in [0, 0.1) is 29.6 Å². The molecule has 0 aromatic rings. The minimum Gasteiger partial charge on any atom is -0.393 e. The molecule has 0 aromatic heterocycles. The molecule has 0 amide bonds. The number of methoxy groups -OCH3 is 1. The van der Waals surface area contributed by atoms with Crippen molar-refractivity contribution in [3.8, 4) is 0 Å². The molecule has 2 heteroatoms. The van der Waals surface area contributed by atoms with Crippen LogP contribution in [0.4, 0.5) is 0 Å². The van der Waals surface area contributed by atoms with Crippen LogP contribution < -0.4 is 0 Å². The normalized spacial score (nSPS) is 48.8. The Morgan fingerprint density at radius 3 is 2.16 bits per heavy atom. The van der Waals surface area contributed by atoms with Crippen molar-refractivity contribution in [1.82, 2.24) is 0 Å². The third-order valence-corrected chi connectivity index (χ3v) is 5.86. The highest BCUT2D eigenvalue weighted by atomic mass is 16.5. The topological polar surface area (TPSA) is 29.5 Å². The lowest BCUT2D eigenvalue weighted by Crippen LogP contribution is -2.40. The molecule has 3 aliphatic rings. The number of fused-ring (bicyclic) bond motifs is 8. The second kappa shape index (κ2) is 6.58. The van der Waals surface area contributed by atoms with Gasteiger partial charge in [-0.15, -0.1) is 0 Å². The van der Waals surface area contributed by atoms with Crippen LogP contribution in [0.25, 0.3) is 0 Å². The summed E-state index contributed by atoms with van der Waals surface area (Å²) >= 11 is 0. The SMILES string of the molecule is COC1CC(C)[C@H](O)CC(C)CCC(C)C2CC1C2. The third kappa shape index (κ3) is 3.72. The average Bonchev–Trinajstić information content (AvgIpc) is 2.31. The average molecular weight is 268 g/mol. The van der Waals surface area contributed by atoms with E-state index in [9.17, 15) is 5.11 Å². The van der Waals surface area contributed by atoms with E-state index in [1.165, 1.54) is 25.7 Å². The van der Waals surface area contributed by atoms with E-state index in [1.807, 2.05) is 7.11 Å². The van der Waals surface area contributed by atoms with Crippen LogP contribution in [0.2, 0.25) is 0 Å². The molecule has 0 spiro atoms. The fraction of sp³-hybridized carbons (Fsp3) is 1.00. The highest BCUT2D eigenvalue weighted by Gasteiger charge is 2.39. The lowest BCUT2D eigenvalue weighted by molar-refractivity contribution is -0.0478. The zero-order valence-corrected chi connectivity index (χ0v) is 13.1. The summed E-state index contributed by atoms with van der Waals surface area (Å²) < 4.78 is 5.72. The highest BCUT2D eigenvalue weighted by Crippen LogP contribution is 2.45. The van der Waals surface area contributed by atoms with Gasteiger partial charge in [0.05, 0.1) is 12.2 Å². The molecule has 5 atom stereocenters. The Balaban J connectivity index is 2.01. The standard InChI is InChI=1S/C17H32O2/c1-11-5-6-12(2)14-9-15(10-14)17(19-4)8-13(3)16(18)7-11/h11-18H,5-10H2,1-4H3/t11?,12?,13?,14?,15?,16-,17?/m1/s1. The Morgan fingerprint density at radius 2 is 1.53 bits per heavy atom. The molecule has 0 heterocycles. The van der Waals surface area contributed by atoms with Crippen LogP contribution in [0.3, 0.4) is 0 Å². The molecule has 0 aliphatic heterocycles. The molecule has 1 N–H and O–H groups in total. The van der Waals surface area contributed by atoms with E-state index in [2.05, 4.69) is 20.8 Å². The maximum absolute atomic E-state index is 10.4. The van der Waals surface area contributed by atoms with Crippen LogP contribution in [0.1, 0.15) is 59.3 Å². The van der Waals surface area contributed by atoms with E-state index in [-0.39, 0.29) is 6.10 Å². The Kier molecular flexibility index (Phi) is 5.30. The number of aliphatic hydroxyl groups excluding tert-OH is 1. The van der Waals surface area contributed by atoms with Gasteiger partial charge in [-0.05, 0) is 55.3 Å². The smallest absolute Gasteiger partial charge is 0.0603 e. The molecule has 3 saturated carbocycles. The van der Waals surface area contributed by atoms with E-state index < -0.39 is 0 Å². The Bertz CT molecular complexity index is 272. The molecular formula is C17H32O2. The van der Waals surface area contributed by atoms with E-state index in [0.29, 0.717) is 17.9 Å². The van der Waals surface area contributed by atoms with Gasteiger partial charge >= 0.3 is 0 Å². The first-order chi connectivity index (χ1) is 9.01. The molecule has 3 rings (SSSR count). The minimum absolute atomic E-state index is 0.154. The molecule has 3 aliphatic carbocycles. The molecule has 2 bridgehead atoms. The van der Waals surface area contributed by atoms with E-state index in [0.717, 1.165) is 30.6 Å². The first kappa shape index (κ1) is 15.3. The quantitative estimate of drug-likeness (QED) is 0.782. The van der Waals surface area contributed by atoms with E-state index in [1.54, 1.807) is 0 Å². The Morgan fingerprint density at radius 1 is 0.842 bits per heavy atom. The second-order valence-corrected chi connectivity index (χ2v) is 7.44. The summed E-state index contributed by atoms with van der Waals surface area (Å²) in [6, 6.07) is 0. The number of hydrogen-bond donors (Lipinski definition) is 1. The lowest BCUT2D eigenvalue weighted by atomic mass is 9.64. The van der Waals surface area contributed by atoms with Crippen molar-refractivity contribution in [2.75, 3.05) is 7.11 Å². The summed E-state index contributed by atoms with van der Waals surface area (Å²) in [6.45, 7) is 6.90. The summed E-state index contributed by atoms with van der Waals surface area (Å²) in [4.78, 5) is 0. The van der Waals surface area contributed by atoms with Gasteiger partial charge in [0.2, 0.25) is 0 Å². The van der Waals surface area contributed by atoms with Gasteiger partial charge in [-0.2, -0.15) is 0 Å². The third-order valence-electron chi connectivity index (χ3n) is 5.86. The van der Waals surface area contributed by atoms with Crippen LogP contribution >= 0.6 is 0 Å². The molecule has 4 unspecified atom stereocenters. The Hall–Kier alpha value is -0.0800. The molecule has 3 fully saturated rings. The van der Waals surface area contributed by atoms with Gasteiger partial charge in [0.25, 0.3) is 0 Å². The summed E-state index contributed by atoms with van der Waals surface area (Å²) in [7, 11) is 1.84. The van der Waals surface area contributed by atoms with Crippen LogP contribution in [-0.4, -0.2) is 24.4 Å². The summed E-state index contributed by atoms with van der Waals surface area (Å²) in [6.07, 6.45) is 7.49. The zero-order valence-electron chi connectivity index (χ0n) is 13.1. The predicted octanol–water partition coefficient (Wildman–Crippen LogP) is 3.87. The second-order valence-electron chi connectivity index (χ2n) is 7.44. The first-order valence-corrected chi connectivity index (χ1v) is 8.22. The van der Waals surface area contributed by atoms with Gasteiger partial charge in [0, 0.05) is 7.11 Å². The van der Waals surface area contributed by atoms with Crippen LogP contribution in [0.5, 0.6) is 0 Å².